The van der Waals surface area contributed by atoms with Crippen LogP contribution in [0.1, 0.15) is 32.6 Å². The summed E-state index contributed by atoms with van der Waals surface area (Å²) in [4.78, 5) is 0.000796. The van der Waals surface area contributed by atoms with E-state index in [1.54, 1.807) is 5.01 Å². The molecule has 0 unspecified atom stereocenters. The fourth-order valence-corrected chi connectivity index (χ4v) is 4.48. The molecule has 3 rings (SSSR count). The highest BCUT2D eigenvalue weighted by molar-refractivity contribution is 7.90. The van der Waals surface area contributed by atoms with Crippen LogP contribution in [-0.2, 0) is 10.0 Å². The minimum absolute atomic E-state index is 0.000796. The van der Waals surface area contributed by atoms with Crippen LogP contribution in [0.2, 0.25) is 5.02 Å². The van der Waals surface area contributed by atoms with Crippen molar-refractivity contribution in [2.45, 2.75) is 37.5 Å². The first-order valence-electron chi connectivity index (χ1n) is 8.32. The molecular formula is C16H22ClN5O2S. The molecule has 0 aromatic heterocycles. The first-order valence-corrected chi connectivity index (χ1v) is 10.1. The Morgan fingerprint density at radius 2 is 2.16 bits per heavy atom. The predicted octanol–water partition coefficient (Wildman–Crippen LogP) is 2.44. The summed E-state index contributed by atoms with van der Waals surface area (Å²) in [6.07, 6.45) is 6.45. The Morgan fingerprint density at radius 3 is 2.80 bits per heavy atom. The largest absolute Gasteiger partial charge is 0.398 e. The molecule has 0 radical (unpaired) electrons. The Balaban J connectivity index is 1.89. The molecule has 1 saturated carbocycles. The van der Waals surface area contributed by atoms with E-state index in [4.69, 9.17) is 17.3 Å². The number of nitrogens with two attached hydrogens (primary N) is 1. The number of hydrogen-bond acceptors (Lipinski definition) is 4. The SMILES string of the molecule is CCNC(=NS(=O)(=O)c1ccc(N)c(Cl)c1)N1CC2(C=N1)CCCC2. The van der Waals surface area contributed by atoms with Crippen molar-refractivity contribution in [1.82, 2.24) is 10.3 Å². The van der Waals surface area contributed by atoms with Crippen molar-refractivity contribution in [2.24, 2.45) is 14.9 Å². The van der Waals surface area contributed by atoms with Gasteiger partial charge in [-0.05, 0) is 38.0 Å². The summed E-state index contributed by atoms with van der Waals surface area (Å²) in [6, 6.07) is 4.17. The van der Waals surface area contributed by atoms with Crippen molar-refractivity contribution < 1.29 is 8.42 Å². The van der Waals surface area contributed by atoms with Crippen LogP contribution >= 0.6 is 11.6 Å². The molecule has 1 spiro atoms. The van der Waals surface area contributed by atoms with Gasteiger partial charge in [0.15, 0.2) is 0 Å². The number of guanidine groups is 1. The van der Waals surface area contributed by atoms with Crippen LogP contribution < -0.4 is 11.1 Å². The highest BCUT2D eigenvalue weighted by Gasteiger charge is 2.39. The van der Waals surface area contributed by atoms with Gasteiger partial charge in [0, 0.05) is 18.2 Å². The molecule has 7 nitrogen and oxygen atoms in total. The normalized spacial score (nSPS) is 19.8. The molecule has 25 heavy (non-hydrogen) atoms. The standard InChI is InChI=1S/C16H22ClN5O2S/c1-2-19-15(22-11-16(10-20-22)7-3-4-8-16)21-25(23,24)12-5-6-14(18)13(17)9-12/h5-6,9-10H,2-4,7-8,11,18H2,1H3,(H,19,21). The Kier molecular flexibility index (Phi) is 4.92. The van der Waals surface area contributed by atoms with E-state index in [1.165, 1.54) is 31.0 Å². The minimum Gasteiger partial charge on any atom is -0.398 e. The predicted molar refractivity (Wildman–Crippen MR) is 100 cm³/mol. The lowest BCUT2D eigenvalue weighted by Gasteiger charge is -2.23. The van der Waals surface area contributed by atoms with Gasteiger partial charge in [-0.15, -0.1) is 4.40 Å². The molecule has 136 valence electrons. The lowest BCUT2D eigenvalue weighted by atomic mass is 9.88. The average Bonchev–Trinajstić information content (AvgIpc) is 3.20. The van der Waals surface area contributed by atoms with Crippen LogP contribution in [0.4, 0.5) is 5.69 Å². The molecule has 1 aromatic rings. The zero-order valence-corrected chi connectivity index (χ0v) is 15.6. The summed E-state index contributed by atoms with van der Waals surface area (Å²) in [5.74, 6) is 0.232. The molecule has 3 N–H and O–H groups in total. The minimum atomic E-state index is -3.92. The topological polar surface area (TPSA) is 100 Å². The van der Waals surface area contributed by atoms with Crippen LogP contribution in [0.5, 0.6) is 0 Å². The van der Waals surface area contributed by atoms with Crippen molar-refractivity contribution in [3.8, 4) is 0 Å². The molecule has 0 saturated heterocycles. The number of halogens is 1. The zero-order valence-electron chi connectivity index (χ0n) is 14.1. The molecule has 0 bridgehead atoms. The number of nitrogens with one attached hydrogen (secondary N) is 1. The second-order valence-electron chi connectivity index (χ2n) is 6.48. The Hall–Kier alpha value is -1.80. The molecule has 1 fully saturated rings. The van der Waals surface area contributed by atoms with E-state index in [9.17, 15) is 8.42 Å². The number of anilines is 1. The monoisotopic (exact) mass is 383 g/mol. The van der Waals surface area contributed by atoms with Gasteiger partial charge < -0.3 is 11.1 Å². The first kappa shape index (κ1) is 18.0. The maximum Gasteiger partial charge on any atom is 0.285 e. The molecule has 0 amide bonds. The number of benzene rings is 1. The van der Waals surface area contributed by atoms with Gasteiger partial charge in [-0.2, -0.15) is 13.5 Å². The number of hydrazone groups is 1. The maximum absolute atomic E-state index is 12.6. The van der Waals surface area contributed by atoms with E-state index >= 15 is 0 Å². The summed E-state index contributed by atoms with van der Waals surface area (Å²) in [6.45, 7) is 3.07. The molecule has 0 atom stereocenters. The van der Waals surface area contributed by atoms with Gasteiger partial charge >= 0.3 is 0 Å². The Morgan fingerprint density at radius 1 is 1.44 bits per heavy atom. The maximum atomic E-state index is 12.6. The lowest BCUT2D eigenvalue weighted by Crippen LogP contribution is -2.40. The third kappa shape index (κ3) is 3.74. The summed E-state index contributed by atoms with van der Waals surface area (Å²) < 4.78 is 29.3. The van der Waals surface area contributed by atoms with Crippen molar-refractivity contribution in [3.05, 3.63) is 23.2 Å². The summed E-state index contributed by atoms with van der Waals surface area (Å²) in [5.41, 5.74) is 6.01. The quantitative estimate of drug-likeness (QED) is 0.474. The van der Waals surface area contributed by atoms with Crippen LogP contribution in [0, 0.1) is 5.41 Å². The second kappa shape index (κ2) is 6.84. The van der Waals surface area contributed by atoms with Gasteiger partial charge in [-0.3, -0.25) is 0 Å². The number of rotatable bonds is 3. The van der Waals surface area contributed by atoms with E-state index in [2.05, 4.69) is 14.8 Å². The lowest BCUT2D eigenvalue weighted by molar-refractivity contribution is 0.340. The van der Waals surface area contributed by atoms with Crippen LogP contribution in [0.15, 0.2) is 32.6 Å². The van der Waals surface area contributed by atoms with Gasteiger partial charge in [-0.25, -0.2) is 5.01 Å². The average molecular weight is 384 g/mol. The fourth-order valence-electron chi connectivity index (χ4n) is 3.23. The third-order valence-corrected chi connectivity index (χ3v) is 6.18. The zero-order chi connectivity index (χ0) is 18.1. The molecule has 2 aliphatic rings. The van der Waals surface area contributed by atoms with Crippen molar-refractivity contribution in [3.63, 3.8) is 0 Å². The van der Waals surface area contributed by atoms with E-state index in [0.29, 0.717) is 18.8 Å². The van der Waals surface area contributed by atoms with Crippen LogP contribution in [0.3, 0.4) is 0 Å². The molecule has 9 heteroatoms. The number of nitrogens with zero attached hydrogens (tertiary/aromatic N) is 3. The molecule has 1 aliphatic heterocycles. The second-order valence-corrected chi connectivity index (χ2v) is 8.49. The fraction of sp³-hybridized carbons (Fsp3) is 0.500. The van der Waals surface area contributed by atoms with E-state index in [1.807, 2.05) is 13.1 Å². The smallest absolute Gasteiger partial charge is 0.285 e. The first-order chi connectivity index (χ1) is 11.9. The Bertz CT molecular complexity index is 816. The van der Waals surface area contributed by atoms with Crippen molar-refractivity contribution in [1.29, 1.82) is 0 Å². The van der Waals surface area contributed by atoms with E-state index in [-0.39, 0.29) is 21.3 Å². The highest BCUT2D eigenvalue weighted by atomic mass is 35.5. The summed E-state index contributed by atoms with van der Waals surface area (Å²) in [5, 5.41) is 9.24. The summed E-state index contributed by atoms with van der Waals surface area (Å²) in [7, 11) is -3.92. The number of hydrogen-bond donors (Lipinski definition) is 2. The molecule has 1 heterocycles. The van der Waals surface area contributed by atoms with Gasteiger partial charge in [0.25, 0.3) is 10.0 Å². The number of sulfonamides is 1. The molecule has 1 aliphatic carbocycles. The molecule has 1 aromatic carbocycles. The van der Waals surface area contributed by atoms with Gasteiger partial charge in [0.1, 0.15) is 0 Å². The van der Waals surface area contributed by atoms with E-state index in [0.717, 1.165) is 12.8 Å². The summed E-state index contributed by atoms with van der Waals surface area (Å²) >= 11 is 5.94. The van der Waals surface area contributed by atoms with Gasteiger partial charge in [0.05, 0.1) is 22.2 Å². The Labute approximate surface area is 153 Å². The third-order valence-electron chi connectivity index (χ3n) is 4.59. The van der Waals surface area contributed by atoms with E-state index < -0.39 is 10.0 Å². The van der Waals surface area contributed by atoms with Crippen molar-refractivity contribution in [2.75, 3.05) is 18.8 Å². The molecular weight excluding hydrogens is 362 g/mol. The van der Waals surface area contributed by atoms with Crippen LogP contribution in [-0.4, -0.2) is 38.7 Å². The number of nitrogen functional groups attached to an aromatic ring is 1. The van der Waals surface area contributed by atoms with Crippen LogP contribution in [0.25, 0.3) is 0 Å². The van der Waals surface area contributed by atoms with Crippen molar-refractivity contribution >= 4 is 39.5 Å². The van der Waals surface area contributed by atoms with Gasteiger partial charge in [-0.1, -0.05) is 24.4 Å². The van der Waals surface area contributed by atoms with Gasteiger partial charge in [0.2, 0.25) is 5.96 Å². The highest BCUT2D eigenvalue weighted by Crippen LogP contribution is 2.40.